The van der Waals surface area contributed by atoms with Gasteiger partial charge in [0.25, 0.3) is 5.91 Å². The van der Waals surface area contributed by atoms with Crippen molar-refractivity contribution in [2.75, 3.05) is 30.5 Å². The minimum atomic E-state index is -0.368. The Morgan fingerprint density at radius 3 is 2.43 bits per heavy atom. The summed E-state index contributed by atoms with van der Waals surface area (Å²) in [7, 11) is 3.73. The van der Waals surface area contributed by atoms with E-state index in [1.807, 2.05) is 67.3 Å². The van der Waals surface area contributed by atoms with Gasteiger partial charge in [0.15, 0.2) is 23.6 Å². The first-order chi connectivity index (χ1) is 22.7. The second-order valence-electron chi connectivity index (χ2n) is 12.7. The van der Waals surface area contributed by atoms with Gasteiger partial charge in [0, 0.05) is 36.0 Å². The van der Waals surface area contributed by atoms with Gasteiger partial charge in [-0.05, 0) is 111 Å². The Labute approximate surface area is 280 Å². The zero-order valence-electron chi connectivity index (χ0n) is 27.2. The number of anilines is 2. The molecule has 10 heteroatoms. The van der Waals surface area contributed by atoms with E-state index in [-0.39, 0.29) is 36.4 Å². The topological polar surface area (TPSA) is 97.1 Å². The number of nitrogens with zero attached hydrogens (tertiary/aromatic N) is 3. The van der Waals surface area contributed by atoms with Crippen molar-refractivity contribution in [2.45, 2.75) is 64.1 Å². The molecule has 0 unspecified atom stereocenters. The number of fused-ring (bicyclic) bond motifs is 1. The van der Waals surface area contributed by atoms with Crippen LogP contribution < -0.4 is 24.6 Å². The van der Waals surface area contributed by atoms with Crippen molar-refractivity contribution < 1.29 is 23.5 Å². The molecule has 0 spiro atoms. The number of aromatic nitrogens is 1. The number of amides is 2. The zero-order chi connectivity index (χ0) is 33.1. The van der Waals surface area contributed by atoms with Gasteiger partial charge in [-0.3, -0.25) is 9.59 Å². The molecule has 2 amide bonds. The lowest BCUT2D eigenvalue weighted by Gasteiger charge is -2.38. The highest BCUT2D eigenvalue weighted by atomic mass is 35.5. The predicted molar refractivity (Wildman–Crippen MR) is 183 cm³/mol. The molecular formula is C37H41ClN4O5. The number of carbonyl (C=O) groups excluding carboxylic acids is 2. The summed E-state index contributed by atoms with van der Waals surface area (Å²) in [6.45, 7) is 4.88. The number of benzene rings is 3. The molecule has 1 fully saturated rings. The molecule has 0 bridgehead atoms. The fourth-order valence-corrected chi connectivity index (χ4v) is 6.89. The molecule has 0 radical (unpaired) electrons. The highest BCUT2D eigenvalue weighted by molar-refractivity contribution is 6.30. The first kappa shape index (κ1) is 32.4. The van der Waals surface area contributed by atoms with E-state index in [0.29, 0.717) is 28.1 Å². The molecule has 2 aliphatic rings. The van der Waals surface area contributed by atoms with Crippen LogP contribution in [-0.4, -0.2) is 49.6 Å². The highest BCUT2D eigenvalue weighted by Crippen LogP contribution is 2.44. The zero-order valence-corrected chi connectivity index (χ0v) is 28.0. The van der Waals surface area contributed by atoms with Gasteiger partial charge in [0.1, 0.15) is 6.26 Å². The van der Waals surface area contributed by atoms with Crippen LogP contribution in [0.5, 0.6) is 11.5 Å². The molecule has 246 valence electrons. The molecule has 1 aliphatic carbocycles. The molecule has 1 aliphatic heterocycles. The number of carbonyl (C=O) groups is 2. The van der Waals surface area contributed by atoms with E-state index >= 15 is 0 Å². The number of oxazole rings is 1. The minimum Gasteiger partial charge on any atom is -0.493 e. The van der Waals surface area contributed by atoms with E-state index in [0.717, 1.165) is 60.3 Å². The number of methoxy groups -OCH3 is 1. The Balaban J connectivity index is 1.19. The molecule has 1 N–H and O–H groups in total. The smallest absolute Gasteiger partial charge is 0.273 e. The van der Waals surface area contributed by atoms with Gasteiger partial charge >= 0.3 is 0 Å². The van der Waals surface area contributed by atoms with Gasteiger partial charge in [-0.25, -0.2) is 4.98 Å². The van der Waals surface area contributed by atoms with Gasteiger partial charge in [-0.2, -0.15) is 0 Å². The molecule has 0 saturated heterocycles. The molecule has 1 saturated carbocycles. The summed E-state index contributed by atoms with van der Waals surface area (Å²) in [5.74, 6) is 1.61. The number of rotatable bonds is 10. The lowest BCUT2D eigenvalue weighted by molar-refractivity contribution is -0.118. The summed E-state index contributed by atoms with van der Waals surface area (Å²) in [5, 5.41) is 3.72. The average molecular weight is 657 g/mol. The summed E-state index contributed by atoms with van der Waals surface area (Å²) in [5.41, 5.74) is 5.10. The van der Waals surface area contributed by atoms with Crippen molar-refractivity contribution in [2.24, 2.45) is 5.92 Å². The first-order valence-corrected chi connectivity index (χ1v) is 16.5. The van der Waals surface area contributed by atoms with Crippen LogP contribution in [0.15, 0.2) is 77.7 Å². The summed E-state index contributed by atoms with van der Waals surface area (Å²) in [4.78, 5) is 34.3. The quantitative estimate of drug-likeness (QED) is 0.192. The molecule has 47 heavy (non-hydrogen) atoms. The highest BCUT2D eigenvalue weighted by Gasteiger charge is 2.36. The van der Waals surface area contributed by atoms with Crippen molar-refractivity contribution >= 4 is 34.8 Å². The third kappa shape index (κ3) is 7.25. The number of ether oxygens (including phenoxy) is 2. The second kappa shape index (κ2) is 14.1. The van der Waals surface area contributed by atoms with Crippen LogP contribution in [0.25, 0.3) is 0 Å². The maximum Gasteiger partial charge on any atom is 0.273 e. The molecule has 3 aromatic carbocycles. The van der Waals surface area contributed by atoms with Gasteiger partial charge in [-0.15, -0.1) is 0 Å². The second-order valence-corrected chi connectivity index (χ2v) is 13.2. The van der Waals surface area contributed by atoms with Crippen molar-refractivity contribution in [3.63, 3.8) is 0 Å². The third-order valence-corrected chi connectivity index (χ3v) is 9.34. The normalized spacial score (nSPS) is 19.3. The van der Waals surface area contributed by atoms with Crippen LogP contribution in [0.4, 0.5) is 11.4 Å². The Hall–Kier alpha value is -4.50. The number of halogens is 1. The largest absolute Gasteiger partial charge is 0.493 e. The Morgan fingerprint density at radius 2 is 1.79 bits per heavy atom. The third-order valence-electron chi connectivity index (χ3n) is 9.08. The minimum absolute atomic E-state index is 0.00513. The molecule has 1 atom stereocenters. The Morgan fingerprint density at radius 1 is 1.06 bits per heavy atom. The standard InChI is InChI=1S/C37H41ClN4O5/c1-23(2)47-34-19-31-26(17-33(34)45-4)18-35(43)42(36(31)25-7-9-27(38)10-8-25)30-15-13-29(14-16-30)41(3)20-24-5-11-28(12-6-24)40-37(44)32-21-46-22-39-32/h7-10,13-17,19,21-24,28,36H,5-6,11-12,18,20H2,1-4H3,(H,40,44)/t24?,28?,36-/m0/s1. The van der Waals surface area contributed by atoms with Crippen LogP contribution in [0, 0.1) is 5.92 Å². The van der Waals surface area contributed by atoms with Crippen LogP contribution in [0.3, 0.4) is 0 Å². The van der Waals surface area contributed by atoms with Gasteiger partial charge in [0.05, 0.1) is 25.7 Å². The van der Waals surface area contributed by atoms with Crippen molar-refractivity contribution in [1.82, 2.24) is 10.3 Å². The maximum absolute atomic E-state index is 13.9. The first-order valence-electron chi connectivity index (χ1n) is 16.2. The van der Waals surface area contributed by atoms with E-state index in [9.17, 15) is 9.59 Å². The maximum atomic E-state index is 13.9. The van der Waals surface area contributed by atoms with E-state index in [4.69, 9.17) is 25.5 Å². The van der Waals surface area contributed by atoms with Gasteiger partial charge in [-0.1, -0.05) is 23.7 Å². The van der Waals surface area contributed by atoms with Gasteiger partial charge < -0.3 is 29.0 Å². The van der Waals surface area contributed by atoms with E-state index in [1.165, 1.54) is 12.7 Å². The predicted octanol–water partition coefficient (Wildman–Crippen LogP) is 7.23. The molecule has 9 nitrogen and oxygen atoms in total. The fraction of sp³-hybridized carbons (Fsp3) is 0.378. The van der Waals surface area contributed by atoms with Crippen LogP contribution >= 0.6 is 11.6 Å². The molecule has 4 aromatic rings. The number of hydrogen-bond donors (Lipinski definition) is 1. The van der Waals surface area contributed by atoms with E-state index in [2.05, 4.69) is 34.4 Å². The SMILES string of the molecule is COc1cc2c(cc1OC(C)C)[C@H](c1ccc(Cl)cc1)N(c1ccc(N(C)CC3CCC(NC(=O)c4cocn4)CC3)cc1)C(=O)C2. The summed E-state index contributed by atoms with van der Waals surface area (Å²) in [6.07, 6.45) is 6.78. The Bertz CT molecular complexity index is 1680. The van der Waals surface area contributed by atoms with Crippen LogP contribution in [0.1, 0.15) is 72.8 Å². The number of nitrogens with one attached hydrogen (secondary N) is 1. The molecular weight excluding hydrogens is 616 g/mol. The molecule has 2 heterocycles. The van der Waals surface area contributed by atoms with E-state index in [1.54, 1.807) is 7.11 Å². The lowest BCUT2D eigenvalue weighted by Crippen LogP contribution is -2.41. The van der Waals surface area contributed by atoms with E-state index < -0.39 is 0 Å². The lowest BCUT2D eigenvalue weighted by atomic mass is 9.85. The van der Waals surface area contributed by atoms with Crippen LogP contribution in [-0.2, 0) is 11.2 Å². The molecule has 1 aromatic heterocycles. The summed E-state index contributed by atoms with van der Waals surface area (Å²) < 4.78 is 16.7. The van der Waals surface area contributed by atoms with Crippen molar-refractivity contribution in [1.29, 1.82) is 0 Å². The number of hydrogen-bond acceptors (Lipinski definition) is 7. The Kier molecular flexibility index (Phi) is 9.73. The fourth-order valence-electron chi connectivity index (χ4n) is 6.76. The summed E-state index contributed by atoms with van der Waals surface area (Å²) >= 11 is 6.27. The van der Waals surface area contributed by atoms with Crippen molar-refractivity contribution in [3.8, 4) is 11.5 Å². The van der Waals surface area contributed by atoms with Crippen LogP contribution in [0.2, 0.25) is 5.02 Å². The molecule has 6 rings (SSSR count). The monoisotopic (exact) mass is 656 g/mol. The average Bonchev–Trinajstić information content (AvgIpc) is 3.61. The van der Waals surface area contributed by atoms with Gasteiger partial charge in [0.2, 0.25) is 5.91 Å². The van der Waals surface area contributed by atoms with Crippen molar-refractivity contribution in [3.05, 3.63) is 101 Å². The summed E-state index contributed by atoms with van der Waals surface area (Å²) in [6, 6.07) is 19.6.